The van der Waals surface area contributed by atoms with Crippen LogP contribution in [0.1, 0.15) is 5.56 Å². The third-order valence-corrected chi connectivity index (χ3v) is 3.38. The minimum Gasteiger partial charge on any atom is -0.258 e. The molecule has 0 N–H and O–H groups in total. The average molecular weight is 319 g/mol. The normalized spacial score (nSPS) is 11.6. The van der Waals surface area contributed by atoms with Gasteiger partial charge in [-0.25, -0.2) is 4.68 Å². The summed E-state index contributed by atoms with van der Waals surface area (Å²) < 4.78 is 37.6. The summed E-state index contributed by atoms with van der Waals surface area (Å²) in [6.07, 6.45) is -4.44. The minimum absolute atomic E-state index is 0.0505. The Labute approximate surface area is 120 Å². The first kappa shape index (κ1) is 15.2. The van der Waals surface area contributed by atoms with Gasteiger partial charge in [-0.15, -0.1) is 5.10 Å². The van der Waals surface area contributed by atoms with Crippen molar-refractivity contribution in [1.29, 1.82) is 0 Å². The number of halogens is 3. The van der Waals surface area contributed by atoms with Gasteiger partial charge >= 0.3 is 6.18 Å². The molecule has 0 saturated carbocycles. The molecule has 1 aromatic heterocycles. The molecule has 0 aliphatic rings. The lowest BCUT2D eigenvalue weighted by Crippen LogP contribution is -2.19. The van der Waals surface area contributed by atoms with Gasteiger partial charge < -0.3 is 0 Å². The first-order valence-electron chi connectivity index (χ1n) is 5.55. The number of rotatable bonds is 5. The lowest BCUT2D eigenvalue weighted by molar-refractivity contribution is -0.385. The number of hydrogen-bond donors (Lipinski definition) is 0. The maximum atomic E-state index is 12.3. The Balaban J connectivity index is 2.11. The topological polar surface area (TPSA) is 86.7 Å². The van der Waals surface area contributed by atoms with Gasteiger partial charge in [0.15, 0.2) is 0 Å². The lowest BCUT2D eigenvalue weighted by atomic mass is 10.2. The van der Waals surface area contributed by atoms with Crippen molar-refractivity contribution in [3.8, 4) is 0 Å². The molecular weight excluding hydrogens is 311 g/mol. The van der Waals surface area contributed by atoms with Gasteiger partial charge in [0.1, 0.15) is 6.54 Å². The fraction of sp³-hybridized carbons (Fsp3) is 0.300. The van der Waals surface area contributed by atoms with Crippen molar-refractivity contribution in [1.82, 2.24) is 20.2 Å². The summed E-state index contributed by atoms with van der Waals surface area (Å²) >= 11 is 0.901. The molecule has 0 amide bonds. The third-order valence-electron chi connectivity index (χ3n) is 2.37. The highest BCUT2D eigenvalue weighted by molar-refractivity contribution is 7.98. The van der Waals surface area contributed by atoms with E-state index in [0.29, 0.717) is 10.2 Å². The van der Waals surface area contributed by atoms with Gasteiger partial charge in [-0.2, -0.15) is 13.2 Å². The zero-order chi connectivity index (χ0) is 15.5. The van der Waals surface area contributed by atoms with Crippen LogP contribution in [0.15, 0.2) is 29.4 Å². The lowest BCUT2D eigenvalue weighted by Gasteiger charge is -2.07. The molecular formula is C10H8F3N5O2S. The number of tetrazole rings is 1. The van der Waals surface area contributed by atoms with Crippen LogP contribution in [-0.4, -0.2) is 31.3 Å². The highest BCUT2D eigenvalue weighted by Crippen LogP contribution is 2.27. The van der Waals surface area contributed by atoms with Gasteiger partial charge in [0.05, 0.1) is 4.92 Å². The maximum absolute atomic E-state index is 12.3. The zero-order valence-corrected chi connectivity index (χ0v) is 11.1. The molecule has 1 aromatic carbocycles. The molecule has 0 fully saturated rings. The summed E-state index contributed by atoms with van der Waals surface area (Å²) in [6.45, 7) is -1.31. The molecule has 11 heteroatoms. The van der Waals surface area contributed by atoms with Crippen LogP contribution < -0.4 is 0 Å². The van der Waals surface area contributed by atoms with Crippen LogP contribution in [-0.2, 0) is 12.3 Å². The number of aromatic nitrogens is 4. The molecule has 0 unspecified atom stereocenters. The monoisotopic (exact) mass is 319 g/mol. The molecule has 1 heterocycles. The fourth-order valence-electron chi connectivity index (χ4n) is 1.52. The smallest absolute Gasteiger partial charge is 0.258 e. The van der Waals surface area contributed by atoms with Crippen molar-refractivity contribution < 1.29 is 18.1 Å². The third kappa shape index (κ3) is 4.15. The summed E-state index contributed by atoms with van der Waals surface area (Å²) in [6, 6.07) is 5.99. The van der Waals surface area contributed by atoms with Crippen molar-refractivity contribution in [3.05, 3.63) is 39.9 Å². The molecule has 0 saturated heterocycles. The van der Waals surface area contributed by atoms with E-state index in [1.54, 1.807) is 6.07 Å². The number of thioether (sulfide) groups is 1. The van der Waals surface area contributed by atoms with Gasteiger partial charge in [0.2, 0.25) is 5.16 Å². The van der Waals surface area contributed by atoms with E-state index in [4.69, 9.17) is 0 Å². The van der Waals surface area contributed by atoms with E-state index < -0.39 is 17.6 Å². The predicted octanol–water partition coefficient (Wildman–Crippen LogP) is 2.44. The zero-order valence-electron chi connectivity index (χ0n) is 10.3. The van der Waals surface area contributed by atoms with Crippen LogP contribution in [0.3, 0.4) is 0 Å². The Morgan fingerprint density at radius 3 is 2.71 bits per heavy atom. The van der Waals surface area contributed by atoms with Crippen molar-refractivity contribution >= 4 is 17.4 Å². The molecule has 7 nitrogen and oxygen atoms in total. The molecule has 0 atom stereocenters. The number of para-hydroxylation sites is 1. The molecule has 112 valence electrons. The highest BCUT2D eigenvalue weighted by Gasteiger charge is 2.30. The molecule has 2 rings (SSSR count). The summed E-state index contributed by atoms with van der Waals surface area (Å²) in [4.78, 5) is 10.3. The van der Waals surface area contributed by atoms with Gasteiger partial charge in [-0.1, -0.05) is 30.0 Å². The molecule has 0 spiro atoms. The number of hydrogen-bond acceptors (Lipinski definition) is 6. The molecule has 0 aliphatic carbocycles. The van der Waals surface area contributed by atoms with Crippen LogP contribution in [0.4, 0.5) is 18.9 Å². The summed E-state index contributed by atoms with van der Waals surface area (Å²) in [5.74, 6) is 0.0926. The second kappa shape index (κ2) is 6.08. The fourth-order valence-corrected chi connectivity index (χ4v) is 2.40. The van der Waals surface area contributed by atoms with Crippen molar-refractivity contribution in [3.63, 3.8) is 0 Å². The minimum atomic E-state index is -4.44. The molecule has 0 radical (unpaired) electrons. The van der Waals surface area contributed by atoms with E-state index in [1.165, 1.54) is 18.2 Å². The van der Waals surface area contributed by atoms with E-state index >= 15 is 0 Å². The standard InChI is InChI=1S/C10H8F3N5O2S/c11-10(12,13)6-17-9(14-15-16-17)21-5-7-3-1-2-4-8(7)18(19)20/h1-4H,5-6H2. The van der Waals surface area contributed by atoms with Crippen molar-refractivity contribution in [2.45, 2.75) is 23.6 Å². The van der Waals surface area contributed by atoms with Crippen LogP contribution in [0, 0.1) is 10.1 Å². The van der Waals surface area contributed by atoms with E-state index in [2.05, 4.69) is 15.5 Å². The summed E-state index contributed by atoms with van der Waals surface area (Å²) in [5.41, 5.74) is 0.286. The van der Waals surface area contributed by atoms with E-state index in [0.717, 1.165) is 11.8 Å². The number of alkyl halides is 3. The van der Waals surface area contributed by atoms with Crippen LogP contribution >= 0.6 is 11.8 Å². The second-order valence-electron chi connectivity index (χ2n) is 3.91. The Hall–Kier alpha value is -2.17. The number of nitro groups is 1. The van der Waals surface area contributed by atoms with Crippen LogP contribution in [0.2, 0.25) is 0 Å². The van der Waals surface area contributed by atoms with Gasteiger partial charge in [-0.3, -0.25) is 10.1 Å². The summed E-state index contributed by atoms with van der Waals surface area (Å²) in [7, 11) is 0. The number of nitrogens with zero attached hydrogens (tertiary/aromatic N) is 5. The average Bonchev–Trinajstić information content (AvgIpc) is 2.81. The molecule has 2 aromatic rings. The summed E-state index contributed by atoms with van der Waals surface area (Å²) in [5, 5.41) is 20.7. The number of benzene rings is 1. The Morgan fingerprint density at radius 1 is 1.33 bits per heavy atom. The first-order chi connectivity index (χ1) is 9.87. The van der Waals surface area contributed by atoms with Gasteiger partial charge in [-0.05, 0) is 10.4 Å². The number of nitro benzene ring substituents is 1. The first-order valence-corrected chi connectivity index (χ1v) is 6.53. The highest BCUT2D eigenvalue weighted by atomic mass is 32.2. The molecule has 0 aliphatic heterocycles. The Bertz CT molecular complexity index is 646. The van der Waals surface area contributed by atoms with Gasteiger partial charge in [0.25, 0.3) is 5.69 Å². The molecule has 21 heavy (non-hydrogen) atoms. The molecule has 0 bridgehead atoms. The van der Waals surface area contributed by atoms with Gasteiger partial charge in [0, 0.05) is 17.4 Å². The van der Waals surface area contributed by atoms with Crippen LogP contribution in [0.5, 0.6) is 0 Å². The largest absolute Gasteiger partial charge is 0.408 e. The quantitative estimate of drug-likeness (QED) is 0.478. The SMILES string of the molecule is O=[N+]([O-])c1ccccc1CSc1nnnn1CC(F)(F)F. The Kier molecular flexibility index (Phi) is 4.40. The van der Waals surface area contributed by atoms with Crippen LogP contribution in [0.25, 0.3) is 0 Å². The van der Waals surface area contributed by atoms with Crippen molar-refractivity contribution in [2.24, 2.45) is 0 Å². The van der Waals surface area contributed by atoms with E-state index in [-0.39, 0.29) is 16.6 Å². The maximum Gasteiger partial charge on any atom is 0.408 e. The van der Waals surface area contributed by atoms with Crippen molar-refractivity contribution in [2.75, 3.05) is 0 Å². The second-order valence-corrected chi connectivity index (χ2v) is 4.85. The predicted molar refractivity (Wildman–Crippen MR) is 66.5 cm³/mol. The van der Waals surface area contributed by atoms with E-state index in [9.17, 15) is 23.3 Å². The van der Waals surface area contributed by atoms with E-state index in [1.807, 2.05) is 0 Å². The Morgan fingerprint density at radius 2 is 2.05 bits per heavy atom.